The van der Waals surface area contributed by atoms with E-state index in [1.807, 2.05) is 37.3 Å². The number of imidazole rings is 1. The van der Waals surface area contributed by atoms with E-state index in [1.165, 1.54) is 6.08 Å². The fraction of sp³-hybridized carbons (Fsp3) is 0.607. The molecular weight excluding hydrogens is 512 g/mol. The minimum absolute atomic E-state index is 0.0227. The van der Waals surface area contributed by atoms with Crippen LogP contribution in [0.1, 0.15) is 52.0 Å². The van der Waals surface area contributed by atoms with Crippen LogP contribution in [0.25, 0.3) is 0 Å². The van der Waals surface area contributed by atoms with Gasteiger partial charge in [0.15, 0.2) is 5.60 Å². The first kappa shape index (κ1) is 28.0. The number of aryl methyl sites for hydroxylation is 1. The van der Waals surface area contributed by atoms with E-state index >= 15 is 0 Å². The predicted molar refractivity (Wildman–Crippen MR) is 150 cm³/mol. The summed E-state index contributed by atoms with van der Waals surface area (Å²) in [5, 5.41) is 3.43. The Bertz CT molecular complexity index is 1260. The number of hydrogen-bond donors (Lipinski definition) is 1. The lowest BCUT2D eigenvalue weighted by Crippen LogP contribution is -2.61. The van der Waals surface area contributed by atoms with Crippen molar-refractivity contribution >= 4 is 23.8 Å². The number of nitrogens with zero attached hydrogens (tertiary/aromatic N) is 7. The second kappa shape index (κ2) is 10.8. The average Bonchev–Trinajstić information content (AvgIpc) is 3.45. The van der Waals surface area contributed by atoms with Crippen LogP contribution in [0.3, 0.4) is 0 Å². The lowest BCUT2D eigenvalue weighted by Gasteiger charge is -2.44. The summed E-state index contributed by atoms with van der Waals surface area (Å²) < 4.78 is 13.2. The molecule has 1 N–H and O–H groups in total. The van der Waals surface area contributed by atoms with Gasteiger partial charge in [-0.1, -0.05) is 20.4 Å². The molecule has 216 valence electrons. The first-order valence-corrected chi connectivity index (χ1v) is 13.9. The van der Waals surface area contributed by atoms with E-state index in [-0.39, 0.29) is 36.0 Å². The molecule has 2 aromatic heterocycles. The van der Waals surface area contributed by atoms with Gasteiger partial charge in [-0.15, -0.1) is 0 Å². The molecule has 0 radical (unpaired) electrons. The van der Waals surface area contributed by atoms with Crippen molar-refractivity contribution in [3.63, 3.8) is 0 Å². The summed E-state index contributed by atoms with van der Waals surface area (Å²) in [6.45, 7) is 18.8. The van der Waals surface area contributed by atoms with Crippen molar-refractivity contribution in [3.8, 4) is 0 Å². The molecule has 1 spiro atoms. The maximum absolute atomic E-state index is 12.9. The Balaban J connectivity index is 1.26. The SMILES string of the molecule is C=CC(=O)N1[C@H](C)CN(Cn2cnc([C@H](C)Nc3cc(C)nc(N4C(=O)OC5(COC5)[C@@H]4C(C)C)n3)c2)C[C@@H]1C. The van der Waals surface area contributed by atoms with Crippen molar-refractivity contribution in [2.75, 3.05) is 36.5 Å². The molecule has 2 aromatic rings. The number of hydrogen-bond acceptors (Lipinski definition) is 9. The van der Waals surface area contributed by atoms with Crippen LogP contribution in [0.4, 0.5) is 16.6 Å². The largest absolute Gasteiger partial charge is 0.435 e. The number of rotatable bonds is 8. The van der Waals surface area contributed by atoms with Gasteiger partial charge in [0, 0.05) is 43.1 Å². The van der Waals surface area contributed by atoms with E-state index in [0.717, 1.165) is 24.5 Å². The average molecular weight is 553 g/mol. The molecule has 40 heavy (non-hydrogen) atoms. The van der Waals surface area contributed by atoms with Gasteiger partial charge in [0.25, 0.3) is 0 Å². The summed E-state index contributed by atoms with van der Waals surface area (Å²) in [4.78, 5) is 44.9. The van der Waals surface area contributed by atoms with E-state index in [0.29, 0.717) is 31.6 Å². The molecule has 5 heterocycles. The molecule has 0 bridgehead atoms. The first-order chi connectivity index (χ1) is 19.0. The third kappa shape index (κ3) is 5.17. The van der Waals surface area contributed by atoms with Crippen molar-refractivity contribution in [2.45, 2.75) is 78.0 Å². The van der Waals surface area contributed by atoms with E-state index in [2.05, 4.69) is 59.0 Å². The summed E-state index contributed by atoms with van der Waals surface area (Å²) in [6, 6.07) is 1.71. The summed E-state index contributed by atoms with van der Waals surface area (Å²) in [6.07, 6.45) is 4.80. The molecule has 3 aliphatic rings. The molecule has 0 aromatic carbocycles. The van der Waals surface area contributed by atoms with Gasteiger partial charge in [0.1, 0.15) is 5.82 Å². The molecule has 3 saturated heterocycles. The number of anilines is 2. The second-order valence-electron chi connectivity index (χ2n) is 11.7. The van der Waals surface area contributed by atoms with Crippen LogP contribution in [0, 0.1) is 12.8 Å². The molecule has 3 fully saturated rings. The molecule has 12 heteroatoms. The number of nitrogens with one attached hydrogen (secondary N) is 1. The summed E-state index contributed by atoms with van der Waals surface area (Å²) in [5.74, 6) is 1.04. The van der Waals surface area contributed by atoms with Gasteiger partial charge in [-0.3, -0.25) is 9.69 Å². The Morgan fingerprint density at radius 1 is 1.23 bits per heavy atom. The van der Waals surface area contributed by atoms with Gasteiger partial charge in [-0.05, 0) is 39.7 Å². The summed E-state index contributed by atoms with van der Waals surface area (Å²) in [5.41, 5.74) is 0.962. The topological polar surface area (TPSA) is 118 Å². The Kier molecular flexibility index (Phi) is 7.58. The fourth-order valence-electron chi connectivity index (χ4n) is 6.30. The number of carbonyl (C=O) groups excluding carboxylic acids is 2. The zero-order chi connectivity index (χ0) is 28.8. The van der Waals surface area contributed by atoms with Gasteiger partial charge < -0.3 is 24.3 Å². The molecule has 0 saturated carbocycles. The Morgan fingerprint density at radius 2 is 1.93 bits per heavy atom. The van der Waals surface area contributed by atoms with Crippen molar-refractivity contribution in [3.05, 3.63) is 42.6 Å². The van der Waals surface area contributed by atoms with Crippen LogP contribution >= 0.6 is 0 Å². The molecule has 4 atom stereocenters. The first-order valence-electron chi connectivity index (χ1n) is 13.9. The Morgan fingerprint density at radius 3 is 2.52 bits per heavy atom. The van der Waals surface area contributed by atoms with E-state index < -0.39 is 11.7 Å². The zero-order valence-electron chi connectivity index (χ0n) is 24.2. The second-order valence-corrected chi connectivity index (χ2v) is 11.7. The van der Waals surface area contributed by atoms with Crippen molar-refractivity contribution in [2.24, 2.45) is 5.92 Å². The van der Waals surface area contributed by atoms with E-state index in [9.17, 15) is 9.59 Å². The molecule has 0 aliphatic carbocycles. The highest BCUT2D eigenvalue weighted by atomic mass is 16.6. The van der Waals surface area contributed by atoms with Crippen molar-refractivity contribution < 1.29 is 19.1 Å². The van der Waals surface area contributed by atoms with Crippen LogP contribution in [0.15, 0.2) is 31.2 Å². The predicted octanol–water partition coefficient (Wildman–Crippen LogP) is 2.97. The maximum Gasteiger partial charge on any atom is 0.417 e. The highest BCUT2D eigenvalue weighted by molar-refractivity contribution is 5.90. The van der Waals surface area contributed by atoms with Gasteiger partial charge in [0.2, 0.25) is 11.9 Å². The molecule has 2 amide bonds. The lowest BCUT2D eigenvalue weighted by atomic mass is 9.84. The highest BCUT2D eigenvalue weighted by Crippen LogP contribution is 2.41. The number of amides is 2. The number of ether oxygens (including phenoxy) is 2. The normalized spacial score (nSPS) is 25.2. The smallest absolute Gasteiger partial charge is 0.417 e. The van der Waals surface area contributed by atoms with Crippen molar-refractivity contribution in [1.82, 2.24) is 29.3 Å². The third-order valence-corrected chi connectivity index (χ3v) is 7.93. The number of piperazine rings is 1. The minimum atomic E-state index is -0.643. The standard InChI is InChI=1S/C28H40N8O4/c1-8-24(37)35-19(5)10-33(11-20(35)6)16-34-12-22(29-15-34)21(7)31-23-9-18(4)30-26(32-23)36-25(17(2)3)28(13-39-14-28)40-27(36)38/h8-9,12,15,17,19-21,25H,1,10-11,13-14,16H2,2-7H3,(H,30,31,32)/t19-,20+,21-,25-/m0/s1. The molecule has 12 nitrogen and oxygen atoms in total. The lowest BCUT2D eigenvalue weighted by molar-refractivity contribution is -0.174. The third-order valence-electron chi connectivity index (χ3n) is 7.93. The van der Waals surface area contributed by atoms with E-state index in [1.54, 1.807) is 4.90 Å². The Hall–Kier alpha value is -3.51. The van der Waals surface area contributed by atoms with Crippen LogP contribution in [-0.2, 0) is 20.9 Å². The van der Waals surface area contributed by atoms with Gasteiger partial charge in [-0.25, -0.2) is 19.7 Å². The van der Waals surface area contributed by atoms with E-state index in [4.69, 9.17) is 14.5 Å². The number of aromatic nitrogens is 4. The van der Waals surface area contributed by atoms with Crippen LogP contribution in [-0.4, -0.2) is 91.3 Å². The summed E-state index contributed by atoms with van der Waals surface area (Å²) >= 11 is 0. The highest BCUT2D eigenvalue weighted by Gasteiger charge is 2.61. The maximum atomic E-state index is 12.9. The van der Waals surface area contributed by atoms with Crippen molar-refractivity contribution in [1.29, 1.82) is 0 Å². The van der Waals surface area contributed by atoms with Gasteiger partial charge >= 0.3 is 6.09 Å². The molecular formula is C28H40N8O4. The van der Waals surface area contributed by atoms with Crippen LogP contribution in [0.2, 0.25) is 0 Å². The zero-order valence-corrected chi connectivity index (χ0v) is 24.2. The minimum Gasteiger partial charge on any atom is -0.435 e. The van der Waals surface area contributed by atoms with Gasteiger partial charge in [-0.2, -0.15) is 4.98 Å². The monoisotopic (exact) mass is 552 g/mol. The number of carbonyl (C=O) groups is 2. The van der Waals surface area contributed by atoms with Crippen LogP contribution in [0.5, 0.6) is 0 Å². The van der Waals surface area contributed by atoms with Gasteiger partial charge in [0.05, 0.1) is 44.0 Å². The fourth-order valence-corrected chi connectivity index (χ4v) is 6.30. The summed E-state index contributed by atoms with van der Waals surface area (Å²) in [7, 11) is 0. The Labute approximate surface area is 235 Å². The van der Waals surface area contributed by atoms with Crippen LogP contribution < -0.4 is 10.2 Å². The molecule has 3 aliphatic heterocycles. The molecule has 5 rings (SSSR count). The molecule has 0 unspecified atom stereocenters. The quantitative estimate of drug-likeness (QED) is 0.493.